The third-order valence-electron chi connectivity index (χ3n) is 2.11. The van der Waals surface area contributed by atoms with Crippen molar-refractivity contribution in [2.75, 3.05) is 18.6 Å². The first-order chi connectivity index (χ1) is 8.95. The summed E-state index contributed by atoms with van der Waals surface area (Å²) in [4.78, 5) is 18.0. The van der Waals surface area contributed by atoms with Crippen LogP contribution in [0.25, 0.3) is 0 Å². The average Bonchev–Trinajstić information content (AvgIpc) is 2.33. The van der Waals surface area contributed by atoms with E-state index in [2.05, 4.69) is 15.4 Å². The van der Waals surface area contributed by atoms with Gasteiger partial charge in [-0.1, -0.05) is 0 Å². The molecule has 0 aromatic carbocycles. The van der Waals surface area contributed by atoms with Crippen LogP contribution in [0, 0.1) is 17.0 Å². The van der Waals surface area contributed by atoms with Crippen LogP contribution in [-0.2, 0) is 4.74 Å². The van der Waals surface area contributed by atoms with Crippen LogP contribution in [0.15, 0.2) is 0 Å². The fourth-order valence-corrected chi connectivity index (χ4v) is 1.34. The second kappa shape index (κ2) is 6.81. The minimum absolute atomic E-state index is 0.0582. The lowest BCUT2D eigenvalue weighted by Crippen LogP contribution is -2.16. The van der Waals surface area contributed by atoms with Gasteiger partial charge < -0.3 is 9.47 Å². The molecule has 1 heterocycles. The number of hydrazine groups is 1. The van der Waals surface area contributed by atoms with E-state index in [1.165, 1.54) is 6.92 Å². The predicted octanol–water partition coefficient (Wildman–Crippen LogP) is 0.783. The van der Waals surface area contributed by atoms with Gasteiger partial charge in [0.1, 0.15) is 12.3 Å². The van der Waals surface area contributed by atoms with E-state index in [0.717, 1.165) is 0 Å². The van der Waals surface area contributed by atoms with E-state index >= 15 is 0 Å². The highest BCUT2D eigenvalue weighted by Crippen LogP contribution is 2.28. The molecule has 1 aromatic heterocycles. The molecule has 0 unspecified atom stereocenters. The van der Waals surface area contributed by atoms with Crippen LogP contribution in [0.3, 0.4) is 0 Å². The van der Waals surface area contributed by atoms with Crippen molar-refractivity contribution in [2.45, 2.75) is 26.9 Å². The highest BCUT2D eigenvalue weighted by molar-refractivity contribution is 5.48. The Kier molecular flexibility index (Phi) is 5.39. The third kappa shape index (κ3) is 4.30. The molecule has 106 valence electrons. The van der Waals surface area contributed by atoms with Crippen molar-refractivity contribution in [2.24, 2.45) is 5.84 Å². The van der Waals surface area contributed by atoms with E-state index in [9.17, 15) is 10.1 Å². The predicted molar refractivity (Wildman–Crippen MR) is 67.8 cm³/mol. The molecule has 9 heteroatoms. The van der Waals surface area contributed by atoms with E-state index in [-0.39, 0.29) is 35.9 Å². The number of aryl methyl sites for hydroxylation is 1. The summed E-state index contributed by atoms with van der Waals surface area (Å²) < 4.78 is 10.5. The molecule has 0 radical (unpaired) electrons. The SMILES string of the molecule is Cc1nc(NN)nc(OCCOC(C)C)c1[N+](=O)[O-]. The number of rotatable bonds is 7. The molecule has 3 N–H and O–H groups in total. The highest BCUT2D eigenvalue weighted by Gasteiger charge is 2.23. The Labute approximate surface area is 110 Å². The smallest absolute Gasteiger partial charge is 0.352 e. The molecule has 0 aliphatic rings. The highest BCUT2D eigenvalue weighted by atomic mass is 16.6. The van der Waals surface area contributed by atoms with Gasteiger partial charge in [-0.3, -0.25) is 15.5 Å². The summed E-state index contributed by atoms with van der Waals surface area (Å²) in [6, 6.07) is 0. The minimum atomic E-state index is -0.589. The summed E-state index contributed by atoms with van der Waals surface area (Å²) in [5.41, 5.74) is 2.13. The molecule has 1 aromatic rings. The Morgan fingerprint density at radius 2 is 2.11 bits per heavy atom. The van der Waals surface area contributed by atoms with E-state index in [4.69, 9.17) is 15.3 Å². The number of hydrogen-bond donors (Lipinski definition) is 2. The summed E-state index contributed by atoms with van der Waals surface area (Å²) in [5.74, 6) is 5.11. The third-order valence-corrected chi connectivity index (χ3v) is 2.11. The summed E-state index contributed by atoms with van der Waals surface area (Å²) in [7, 11) is 0. The molecule has 19 heavy (non-hydrogen) atoms. The molecule has 0 fully saturated rings. The molecule has 0 saturated heterocycles. The number of aromatic nitrogens is 2. The maximum absolute atomic E-state index is 10.9. The summed E-state index contributed by atoms with van der Waals surface area (Å²) >= 11 is 0. The topological polar surface area (TPSA) is 125 Å². The number of anilines is 1. The Hall–Kier alpha value is -2.00. The van der Waals surface area contributed by atoms with Gasteiger partial charge in [0, 0.05) is 0 Å². The van der Waals surface area contributed by atoms with Gasteiger partial charge >= 0.3 is 5.69 Å². The van der Waals surface area contributed by atoms with Gasteiger partial charge in [-0.25, -0.2) is 10.8 Å². The molecule has 0 atom stereocenters. The molecule has 9 nitrogen and oxygen atoms in total. The van der Waals surface area contributed by atoms with Crippen LogP contribution in [-0.4, -0.2) is 34.2 Å². The lowest BCUT2D eigenvalue weighted by molar-refractivity contribution is -0.387. The zero-order chi connectivity index (χ0) is 14.4. The fourth-order valence-electron chi connectivity index (χ4n) is 1.34. The molecule has 0 amide bonds. The van der Waals surface area contributed by atoms with Crippen molar-refractivity contribution in [3.63, 3.8) is 0 Å². The second-order valence-corrected chi connectivity index (χ2v) is 3.96. The Bertz CT molecular complexity index is 452. The first-order valence-electron chi connectivity index (χ1n) is 5.69. The number of nitrogens with zero attached hydrogens (tertiary/aromatic N) is 3. The molecule has 0 aliphatic heterocycles. The number of nitro groups is 1. The van der Waals surface area contributed by atoms with Crippen LogP contribution in [0.2, 0.25) is 0 Å². The van der Waals surface area contributed by atoms with Gasteiger partial charge in [-0.15, -0.1) is 0 Å². The molecular weight excluding hydrogens is 254 g/mol. The number of nitrogens with one attached hydrogen (secondary N) is 1. The molecule has 0 aliphatic carbocycles. The van der Waals surface area contributed by atoms with Crippen LogP contribution >= 0.6 is 0 Å². The largest absolute Gasteiger partial charge is 0.470 e. The van der Waals surface area contributed by atoms with Crippen LogP contribution in [0.1, 0.15) is 19.5 Å². The number of nitrogen functional groups attached to an aromatic ring is 1. The summed E-state index contributed by atoms with van der Waals surface area (Å²) in [5, 5.41) is 10.9. The molecule has 0 saturated carbocycles. The van der Waals surface area contributed by atoms with Crippen molar-refractivity contribution in [1.82, 2.24) is 9.97 Å². The van der Waals surface area contributed by atoms with E-state index in [1.807, 2.05) is 13.8 Å². The van der Waals surface area contributed by atoms with E-state index < -0.39 is 4.92 Å². The molecule has 0 spiro atoms. The van der Waals surface area contributed by atoms with Crippen molar-refractivity contribution >= 4 is 11.6 Å². The normalized spacial score (nSPS) is 10.6. The molecular formula is C10H17N5O4. The zero-order valence-corrected chi connectivity index (χ0v) is 11.0. The monoisotopic (exact) mass is 271 g/mol. The van der Waals surface area contributed by atoms with Gasteiger partial charge in [-0.05, 0) is 20.8 Å². The lowest BCUT2D eigenvalue weighted by atomic mass is 10.3. The Morgan fingerprint density at radius 3 is 2.63 bits per heavy atom. The van der Waals surface area contributed by atoms with Gasteiger partial charge in [0.05, 0.1) is 17.6 Å². The Balaban J connectivity index is 2.84. The Morgan fingerprint density at radius 1 is 1.42 bits per heavy atom. The second-order valence-electron chi connectivity index (χ2n) is 3.96. The van der Waals surface area contributed by atoms with Crippen LogP contribution in [0.5, 0.6) is 5.88 Å². The average molecular weight is 271 g/mol. The quantitative estimate of drug-likeness (QED) is 0.322. The summed E-state index contributed by atoms with van der Waals surface area (Å²) in [6.45, 7) is 5.71. The van der Waals surface area contributed by atoms with Gasteiger partial charge in [0.2, 0.25) is 5.95 Å². The lowest BCUT2D eigenvalue weighted by Gasteiger charge is -2.10. The van der Waals surface area contributed by atoms with Crippen molar-refractivity contribution in [3.05, 3.63) is 15.8 Å². The van der Waals surface area contributed by atoms with Gasteiger partial charge in [0.15, 0.2) is 0 Å². The van der Waals surface area contributed by atoms with E-state index in [0.29, 0.717) is 6.61 Å². The zero-order valence-electron chi connectivity index (χ0n) is 11.0. The minimum Gasteiger partial charge on any atom is -0.470 e. The van der Waals surface area contributed by atoms with Crippen LogP contribution in [0.4, 0.5) is 11.6 Å². The standard InChI is InChI=1S/C10H17N5O4/c1-6(2)18-4-5-19-9-8(15(16)17)7(3)12-10(13-9)14-11/h6H,4-5,11H2,1-3H3,(H,12,13,14). The molecule has 0 bridgehead atoms. The first kappa shape index (κ1) is 15.1. The van der Waals surface area contributed by atoms with Gasteiger partial charge in [-0.2, -0.15) is 4.98 Å². The van der Waals surface area contributed by atoms with E-state index in [1.54, 1.807) is 0 Å². The number of ether oxygens (including phenoxy) is 2. The summed E-state index contributed by atoms with van der Waals surface area (Å²) in [6.07, 6.45) is 0.0620. The maximum Gasteiger partial charge on any atom is 0.352 e. The maximum atomic E-state index is 10.9. The fraction of sp³-hybridized carbons (Fsp3) is 0.600. The number of hydrogen-bond acceptors (Lipinski definition) is 8. The van der Waals surface area contributed by atoms with Crippen molar-refractivity contribution in [1.29, 1.82) is 0 Å². The van der Waals surface area contributed by atoms with Crippen molar-refractivity contribution < 1.29 is 14.4 Å². The van der Waals surface area contributed by atoms with Crippen LogP contribution < -0.4 is 16.0 Å². The molecule has 1 rings (SSSR count). The first-order valence-corrected chi connectivity index (χ1v) is 5.69. The number of nitrogens with two attached hydrogens (primary N) is 1. The van der Waals surface area contributed by atoms with Gasteiger partial charge in [0.25, 0.3) is 5.88 Å². The van der Waals surface area contributed by atoms with Crippen molar-refractivity contribution in [3.8, 4) is 5.88 Å².